The van der Waals surface area contributed by atoms with Gasteiger partial charge in [-0.15, -0.1) is 0 Å². The molecule has 0 aromatic rings. The van der Waals surface area contributed by atoms with Gasteiger partial charge >= 0.3 is 0 Å². The quantitative estimate of drug-likeness (QED) is 0.545. The van der Waals surface area contributed by atoms with E-state index in [-0.39, 0.29) is 0 Å². The Kier molecular flexibility index (Phi) is 2.18. The zero-order chi connectivity index (χ0) is 9.46. The number of rotatable bonds is 0. The summed E-state index contributed by atoms with van der Waals surface area (Å²) in [7, 11) is 4.18. The fourth-order valence-electron chi connectivity index (χ4n) is 1.48. The van der Waals surface area contributed by atoms with E-state index >= 15 is 0 Å². The predicted octanol–water partition coefficient (Wildman–Crippen LogP) is 2.37. The molecule has 0 unspecified atom stereocenters. The van der Waals surface area contributed by atoms with Gasteiger partial charge in [-0.2, -0.15) is 0 Å². The van der Waals surface area contributed by atoms with Crippen molar-refractivity contribution in [1.29, 1.82) is 0 Å². The third-order valence-corrected chi connectivity index (χ3v) is 3.07. The summed E-state index contributed by atoms with van der Waals surface area (Å²) in [6, 6.07) is 0. The Morgan fingerprint density at radius 3 is 1.17 bits per heavy atom. The van der Waals surface area contributed by atoms with Crippen molar-refractivity contribution in [2.24, 2.45) is 0 Å². The predicted molar refractivity (Wildman–Crippen MR) is 52.3 cm³/mol. The first-order chi connectivity index (χ1) is 5.46. The van der Waals surface area contributed by atoms with Crippen LogP contribution in [0.1, 0.15) is 27.7 Å². The molecule has 1 rings (SSSR count). The van der Waals surface area contributed by atoms with Crippen LogP contribution in [0.15, 0.2) is 22.5 Å². The zero-order valence-corrected chi connectivity index (χ0v) is 8.89. The Bertz CT molecular complexity index is 233. The lowest BCUT2D eigenvalue weighted by Crippen LogP contribution is -2.37. The summed E-state index contributed by atoms with van der Waals surface area (Å²) in [5.41, 5.74) is 5.46. The lowest BCUT2D eigenvalue weighted by Gasteiger charge is -2.39. The highest BCUT2D eigenvalue weighted by molar-refractivity contribution is 5.36. The Morgan fingerprint density at radius 1 is 0.667 bits per heavy atom. The molecular weight excluding hydrogens is 148 g/mol. The normalized spacial score (nSPS) is 19.5. The highest BCUT2D eigenvalue weighted by Gasteiger charge is 2.18. The van der Waals surface area contributed by atoms with Crippen LogP contribution < -0.4 is 0 Å². The summed E-state index contributed by atoms with van der Waals surface area (Å²) >= 11 is 0. The van der Waals surface area contributed by atoms with Gasteiger partial charge in [0.2, 0.25) is 0 Å². The first kappa shape index (κ1) is 9.17. The third-order valence-electron chi connectivity index (χ3n) is 3.07. The molecule has 0 spiro atoms. The van der Waals surface area contributed by atoms with Crippen molar-refractivity contribution >= 4 is 0 Å². The Labute approximate surface area is 75.1 Å². The second-order valence-corrected chi connectivity index (χ2v) is 3.47. The highest BCUT2D eigenvalue weighted by atomic mass is 15.6. The summed E-state index contributed by atoms with van der Waals surface area (Å²) in [5, 5.41) is 4.36. The molecule has 0 aliphatic carbocycles. The molecule has 12 heavy (non-hydrogen) atoms. The second-order valence-electron chi connectivity index (χ2n) is 3.47. The van der Waals surface area contributed by atoms with E-state index in [1.807, 2.05) is 0 Å². The Morgan fingerprint density at radius 2 is 0.917 bits per heavy atom. The first-order valence-corrected chi connectivity index (χ1v) is 4.29. The molecule has 0 amide bonds. The van der Waals surface area contributed by atoms with E-state index in [2.05, 4.69) is 51.8 Å². The summed E-state index contributed by atoms with van der Waals surface area (Å²) in [6.07, 6.45) is 0. The molecule has 68 valence electrons. The van der Waals surface area contributed by atoms with Crippen molar-refractivity contribution in [3.8, 4) is 0 Å². The van der Waals surface area contributed by atoms with E-state index in [4.69, 9.17) is 0 Å². The zero-order valence-electron chi connectivity index (χ0n) is 8.89. The fourth-order valence-corrected chi connectivity index (χ4v) is 1.48. The topological polar surface area (TPSA) is 6.48 Å². The van der Waals surface area contributed by atoms with Crippen LogP contribution in [0, 0.1) is 0 Å². The van der Waals surface area contributed by atoms with Gasteiger partial charge in [0.05, 0.1) is 0 Å². The van der Waals surface area contributed by atoms with Gasteiger partial charge in [-0.05, 0) is 38.8 Å². The van der Waals surface area contributed by atoms with Crippen LogP contribution in [0.4, 0.5) is 0 Å². The Hall–Kier alpha value is -0.920. The molecule has 0 saturated carbocycles. The molecule has 0 atom stereocenters. The largest absolute Gasteiger partial charge is 0.293 e. The van der Waals surface area contributed by atoms with Gasteiger partial charge < -0.3 is 0 Å². The van der Waals surface area contributed by atoms with Crippen LogP contribution in [-0.2, 0) is 0 Å². The summed E-state index contributed by atoms with van der Waals surface area (Å²) in [4.78, 5) is 0. The molecule has 0 aromatic heterocycles. The average molecular weight is 166 g/mol. The maximum atomic E-state index is 2.18. The van der Waals surface area contributed by atoms with Crippen LogP contribution in [-0.4, -0.2) is 24.1 Å². The number of hydrogen-bond acceptors (Lipinski definition) is 2. The van der Waals surface area contributed by atoms with Crippen molar-refractivity contribution < 1.29 is 0 Å². The molecule has 1 heterocycles. The van der Waals surface area contributed by atoms with Crippen LogP contribution in [0.2, 0.25) is 0 Å². The number of allylic oxidation sites excluding steroid dienone is 4. The fraction of sp³-hybridized carbons (Fsp3) is 0.600. The molecule has 0 radical (unpaired) electrons. The van der Waals surface area contributed by atoms with Crippen molar-refractivity contribution in [3.63, 3.8) is 0 Å². The molecule has 2 nitrogen and oxygen atoms in total. The van der Waals surface area contributed by atoms with E-state index in [9.17, 15) is 0 Å². The number of hydrazine groups is 1. The minimum atomic E-state index is 1.33. The molecule has 0 fully saturated rings. The minimum Gasteiger partial charge on any atom is -0.293 e. The van der Waals surface area contributed by atoms with Crippen molar-refractivity contribution in [2.45, 2.75) is 27.7 Å². The minimum absolute atomic E-state index is 1.33. The van der Waals surface area contributed by atoms with Crippen LogP contribution in [0.5, 0.6) is 0 Å². The van der Waals surface area contributed by atoms with E-state index in [0.717, 1.165) is 0 Å². The molecular formula is C10H18N2. The molecule has 2 heteroatoms. The second kappa shape index (κ2) is 2.85. The SMILES string of the molecule is CC1=C(C)N(C)N(C)C(C)=C1C. The summed E-state index contributed by atoms with van der Waals surface area (Å²) in [6.45, 7) is 8.67. The van der Waals surface area contributed by atoms with Gasteiger partial charge in [0.25, 0.3) is 0 Å². The van der Waals surface area contributed by atoms with Crippen LogP contribution in [0.25, 0.3) is 0 Å². The molecule has 0 bridgehead atoms. The highest BCUT2D eigenvalue weighted by Crippen LogP contribution is 2.27. The molecule has 1 aliphatic heterocycles. The van der Waals surface area contributed by atoms with Gasteiger partial charge in [0, 0.05) is 25.5 Å². The first-order valence-electron chi connectivity index (χ1n) is 4.29. The van der Waals surface area contributed by atoms with Gasteiger partial charge in [0.1, 0.15) is 0 Å². The average Bonchev–Trinajstić information content (AvgIpc) is 2.08. The number of hydrogen-bond donors (Lipinski definition) is 0. The molecule has 0 aromatic carbocycles. The summed E-state index contributed by atoms with van der Waals surface area (Å²) < 4.78 is 0. The van der Waals surface area contributed by atoms with E-state index in [1.54, 1.807) is 0 Å². The van der Waals surface area contributed by atoms with Crippen LogP contribution >= 0.6 is 0 Å². The van der Waals surface area contributed by atoms with E-state index in [0.29, 0.717) is 0 Å². The van der Waals surface area contributed by atoms with E-state index in [1.165, 1.54) is 22.5 Å². The smallest absolute Gasteiger partial charge is 0.0346 e. The standard InChI is InChI=1S/C10H18N2/c1-7-8(2)10(4)12(6)11(5)9(7)3/h1-6H3. The van der Waals surface area contributed by atoms with E-state index < -0.39 is 0 Å². The van der Waals surface area contributed by atoms with Gasteiger partial charge in [-0.3, -0.25) is 10.0 Å². The van der Waals surface area contributed by atoms with Gasteiger partial charge in [-0.25, -0.2) is 0 Å². The Balaban J connectivity index is 3.18. The maximum Gasteiger partial charge on any atom is 0.0346 e. The van der Waals surface area contributed by atoms with Gasteiger partial charge in [-0.1, -0.05) is 0 Å². The maximum absolute atomic E-state index is 2.18. The van der Waals surface area contributed by atoms with Crippen molar-refractivity contribution in [2.75, 3.05) is 14.1 Å². The molecule has 1 aliphatic rings. The van der Waals surface area contributed by atoms with Gasteiger partial charge in [0.15, 0.2) is 0 Å². The summed E-state index contributed by atoms with van der Waals surface area (Å²) in [5.74, 6) is 0. The lowest BCUT2D eigenvalue weighted by atomic mass is 10.0. The van der Waals surface area contributed by atoms with Crippen molar-refractivity contribution in [3.05, 3.63) is 22.5 Å². The van der Waals surface area contributed by atoms with Crippen molar-refractivity contribution in [1.82, 2.24) is 10.0 Å². The lowest BCUT2D eigenvalue weighted by molar-refractivity contribution is 0.0995. The molecule has 0 N–H and O–H groups in total. The third kappa shape index (κ3) is 1.11. The number of nitrogens with zero attached hydrogens (tertiary/aromatic N) is 2. The monoisotopic (exact) mass is 166 g/mol. The molecule has 0 saturated heterocycles. The van der Waals surface area contributed by atoms with Crippen LogP contribution in [0.3, 0.4) is 0 Å².